The van der Waals surface area contributed by atoms with E-state index in [-0.39, 0.29) is 42.1 Å². The van der Waals surface area contributed by atoms with Gasteiger partial charge in [0.2, 0.25) is 0 Å². The van der Waals surface area contributed by atoms with Crippen LogP contribution in [0.5, 0.6) is 5.75 Å². The number of primary amides is 1. The highest BCUT2D eigenvalue weighted by atomic mass is 19.4. The number of rotatable bonds is 5. The molecule has 0 spiro atoms. The highest BCUT2D eigenvalue weighted by molar-refractivity contribution is 6.25. The number of nitrogens with zero attached hydrogens (tertiary/aromatic N) is 2. The quantitative estimate of drug-likeness (QED) is 0.272. The second kappa shape index (κ2) is 10.2. The Hall–Kier alpha value is -3.13. The first-order valence-corrected chi connectivity index (χ1v) is 14.1. The number of halogens is 3. The third-order valence-electron chi connectivity index (χ3n) is 9.68. The van der Waals surface area contributed by atoms with Crippen LogP contribution in [0.15, 0.2) is 28.7 Å². The van der Waals surface area contributed by atoms with E-state index in [0.717, 1.165) is 25.3 Å². The lowest BCUT2D eigenvalue weighted by Crippen LogP contribution is -2.63. The number of likely N-dealkylation sites (tertiary alicyclic amines) is 1. The summed E-state index contributed by atoms with van der Waals surface area (Å²) in [5, 5.41) is 65.3. The van der Waals surface area contributed by atoms with E-state index in [2.05, 4.69) is 0 Å². The van der Waals surface area contributed by atoms with Crippen molar-refractivity contribution in [3.05, 3.63) is 51.0 Å². The molecule has 0 aromatic heterocycles. The molecule has 0 radical (unpaired) electrons. The monoisotopic (exact) mass is 594 g/mol. The molecule has 1 heterocycles. The number of carbonyl (C=O) groups excluding carboxylic acids is 1. The first-order chi connectivity index (χ1) is 19.5. The van der Waals surface area contributed by atoms with Crippen LogP contribution in [0, 0.1) is 17.2 Å². The van der Waals surface area contributed by atoms with Crippen molar-refractivity contribution < 1.29 is 43.5 Å². The Morgan fingerprint density at radius 1 is 1.26 bits per heavy atom. The number of nitrogens with one attached hydrogen (secondary N) is 1. The average Bonchev–Trinajstić information content (AvgIpc) is 3.31. The van der Waals surface area contributed by atoms with E-state index in [9.17, 15) is 43.5 Å². The van der Waals surface area contributed by atoms with Crippen molar-refractivity contribution >= 4 is 11.6 Å². The zero-order valence-electron chi connectivity index (χ0n) is 23.7. The van der Waals surface area contributed by atoms with Gasteiger partial charge in [-0.3, -0.25) is 14.6 Å². The van der Waals surface area contributed by atoms with Gasteiger partial charge >= 0.3 is 6.18 Å². The normalized spacial score (nSPS) is 31.8. The van der Waals surface area contributed by atoms with Gasteiger partial charge < -0.3 is 36.7 Å². The Bertz CT molecular complexity index is 1410. The molecule has 1 aromatic carbocycles. The summed E-state index contributed by atoms with van der Waals surface area (Å²) < 4.78 is 44.3. The molecule has 42 heavy (non-hydrogen) atoms. The van der Waals surface area contributed by atoms with Gasteiger partial charge in [0.25, 0.3) is 5.91 Å². The number of fused-ring (bicyclic) bond motifs is 3. The number of likely N-dealkylation sites (N-methyl/N-ethyl adjacent to an activating group) is 1. The number of aliphatic hydroxyl groups excluding tert-OH is 3. The van der Waals surface area contributed by atoms with Crippen molar-refractivity contribution in [2.24, 2.45) is 17.6 Å². The molecule has 3 aliphatic carbocycles. The lowest BCUT2D eigenvalue weighted by atomic mass is 9.58. The van der Waals surface area contributed by atoms with E-state index in [1.54, 1.807) is 0 Å². The van der Waals surface area contributed by atoms with Crippen LogP contribution in [-0.4, -0.2) is 85.3 Å². The Kier molecular flexibility index (Phi) is 7.40. The summed E-state index contributed by atoms with van der Waals surface area (Å²) in [6, 6.07) is 0.00927. The van der Waals surface area contributed by atoms with Crippen LogP contribution in [0.1, 0.15) is 61.0 Å². The minimum absolute atomic E-state index is 0.0281. The van der Waals surface area contributed by atoms with Crippen molar-refractivity contribution in [3.8, 4) is 5.75 Å². The van der Waals surface area contributed by atoms with Gasteiger partial charge in [0, 0.05) is 29.6 Å². The maximum absolute atomic E-state index is 14.8. The van der Waals surface area contributed by atoms with Crippen molar-refractivity contribution in [1.29, 1.82) is 5.41 Å². The summed E-state index contributed by atoms with van der Waals surface area (Å²) in [7, 11) is 3.06. The number of aromatic hydroxyl groups is 1. The van der Waals surface area contributed by atoms with Gasteiger partial charge in [0.15, 0.2) is 5.60 Å². The number of phenols is 1. The number of hydrogen-bond donors (Lipinski definition) is 7. The number of alkyl halides is 3. The van der Waals surface area contributed by atoms with Crippen LogP contribution in [-0.2, 0) is 23.9 Å². The molecule has 1 aliphatic heterocycles. The maximum atomic E-state index is 14.8. The van der Waals surface area contributed by atoms with Gasteiger partial charge in [-0.15, -0.1) is 0 Å². The molecule has 13 heteroatoms. The third kappa shape index (κ3) is 4.31. The highest BCUT2D eigenvalue weighted by Gasteiger charge is 2.61. The van der Waals surface area contributed by atoms with Crippen LogP contribution >= 0.6 is 0 Å². The van der Waals surface area contributed by atoms with Crippen LogP contribution in [0.4, 0.5) is 13.2 Å². The standard InChI is InChI=1S/C29H37F3N4O6/c1-4-14-6-5-7-36(14)11-13-10-17(37)19-15(21(13)29(30,31)32)8-12-9-16-22(35(2)3)24(39)20(27(34)41)25(33)28(16,42)26(40)18(12)23(19)38/h10,12,14,16,22-23,33,37-40,42H,4-9,11H2,1-3H3,(H2,34,41)/t12-,14?,16-,22?,23?,28+/m0/s1. The number of phenolic OH excluding ortho intramolecular Hbond substituents is 1. The molecule has 1 aromatic rings. The van der Waals surface area contributed by atoms with Gasteiger partial charge in [-0.05, 0) is 75.9 Å². The molecule has 3 unspecified atom stereocenters. The average molecular weight is 595 g/mol. The van der Waals surface area contributed by atoms with Crippen molar-refractivity contribution in [2.75, 3.05) is 20.6 Å². The van der Waals surface area contributed by atoms with E-state index >= 15 is 0 Å². The van der Waals surface area contributed by atoms with Gasteiger partial charge in [-0.25, -0.2) is 0 Å². The highest BCUT2D eigenvalue weighted by Crippen LogP contribution is 2.57. The minimum Gasteiger partial charge on any atom is -0.510 e. The molecule has 5 rings (SSSR count). The molecule has 230 valence electrons. The smallest absolute Gasteiger partial charge is 0.417 e. The number of aliphatic hydroxyl groups is 4. The van der Waals surface area contributed by atoms with Crippen molar-refractivity contribution in [3.63, 3.8) is 0 Å². The van der Waals surface area contributed by atoms with E-state index in [1.807, 2.05) is 11.8 Å². The number of hydrogen-bond acceptors (Lipinski definition) is 9. The van der Waals surface area contributed by atoms with Gasteiger partial charge in [0.05, 0.1) is 17.3 Å². The topological polar surface area (TPSA) is 175 Å². The summed E-state index contributed by atoms with van der Waals surface area (Å²) in [5.74, 6) is -5.39. The second-order valence-electron chi connectivity index (χ2n) is 12.1. The Morgan fingerprint density at radius 2 is 1.93 bits per heavy atom. The molecule has 1 amide bonds. The van der Waals surface area contributed by atoms with E-state index in [4.69, 9.17) is 11.1 Å². The fourth-order valence-corrected chi connectivity index (χ4v) is 7.89. The summed E-state index contributed by atoms with van der Waals surface area (Å²) >= 11 is 0. The zero-order chi connectivity index (χ0) is 31.0. The predicted molar refractivity (Wildman–Crippen MR) is 146 cm³/mol. The summed E-state index contributed by atoms with van der Waals surface area (Å²) in [6.07, 6.45) is -4.73. The molecule has 4 aliphatic rings. The van der Waals surface area contributed by atoms with Crippen LogP contribution in [0.3, 0.4) is 0 Å². The molecule has 10 nitrogen and oxygen atoms in total. The number of carbonyl (C=O) groups is 1. The Labute approximate surface area is 241 Å². The zero-order valence-corrected chi connectivity index (χ0v) is 23.7. The Morgan fingerprint density at radius 3 is 2.50 bits per heavy atom. The fourth-order valence-electron chi connectivity index (χ4n) is 7.89. The minimum atomic E-state index is -4.82. The lowest BCUT2D eigenvalue weighted by molar-refractivity contribution is -0.139. The van der Waals surface area contributed by atoms with E-state index in [0.29, 0.717) is 6.54 Å². The molecule has 8 N–H and O–H groups in total. The molecular weight excluding hydrogens is 557 g/mol. The number of nitrogens with two attached hydrogens (primary N) is 1. The number of benzene rings is 1. The van der Waals surface area contributed by atoms with Gasteiger partial charge in [-0.1, -0.05) is 6.92 Å². The van der Waals surface area contributed by atoms with E-state index < -0.39 is 81.3 Å². The van der Waals surface area contributed by atoms with Crippen LogP contribution < -0.4 is 5.73 Å². The van der Waals surface area contributed by atoms with Crippen LogP contribution in [0.2, 0.25) is 0 Å². The van der Waals surface area contributed by atoms with E-state index in [1.165, 1.54) is 19.0 Å². The van der Waals surface area contributed by atoms with Crippen LogP contribution in [0.25, 0.3) is 0 Å². The summed E-state index contributed by atoms with van der Waals surface area (Å²) in [5.41, 5.74) is -0.715. The first kappa shape index (κ1) is 30.3. The van der Waals surface area contributed by atoms with Gasteiger partial charge in [0.1, 0.15) is 28.9 Å². The fraction of sp³-hybridized carbons (Fsp3) is 0.586. The lowest BCUT2D eigenvalue weighted by Gasteiger charge is -2.52. The molecule has 6 atom stereocenters. The summed E-state index contributed by atoms with van der Waals surface area (Å²) in [4.78, 5) is 15.6. The molecule has 0 saturated carbocycles. The molecule has 1 fully saturated rings. The van der Waals surface area contributed by atoms with Crippen molar-refractivity contribution in [1.82, 2.24) is 9.80 Å². The molecular formula is C29H37F3N4O6. The van der Waals surface area contributed by atoms with Gasteiger partial charge in [-0.2, -0.15) is 13.2 Å². The largest absolute Gasteiger partial charge is 0.510 e. The summed E-state index contributed by atoms with van der Waals surface area (Å²) in [6.45, 7) is 2.58. The SMILES string of the molecule is CCC1CCCN1Cc1cc(O)c2c(c1C(F)(F)F)C[C@H]1C[C@H]3C(N(C)C)C(O)=C(C(N)=O)C(=N)[C@@]3(O)C(O)=C1C2O. The molecule has 1 saturated heterocycles. The number of amides is 1. The maximum Gasteiger partial charge on any atom is 0.417 e. The Balaban J connectivity index is 1.69. The predicted octanol–water partition coefficient (Wildman–Crippen LogP) is 2.82. The van der Waals surface area contributed by atoms with Crippen molar-refractivity contribution in [2.45, 2.75) is 75.5 Å². The second-order valence-corrected chi connectivity index (χ2v) is 12.1. The third-order valence-corrected chi connectivity index (χ3v) is 9.68. The first-order valence-electron chi connectivity index (χ1n) is 14.1. The molecule has 0 bridgehead atoms.